The third-order valence-corrected chi connectivity index (χ3v) is 9.00. The van der Waals surface area contributed by atoms with E-state index in [0.717, 1.165) is 17.0 Å². The first-order valence-electron chi connectivity index (χ1n) is 14.3. The molecule has 3 aliphatic rings. The number of carbonyl (C=O) groups is 1. The van der Waals surface area contributed by atoms with Gasteiger partial charge in [0.1, 0.15) is 0 Å². The number of urea groups is 1. The van der Waals surface area contributed by atoms with Gasteiger partial charge in [-0.2, -0.15) is 5.10 Å². The van der Waals surface area contributed by atoms with Gasteiger partial charge in [0.05, 0.1) is 5.69 Å². The van der Waals surface area contributed by atoms with Crippen molar-refractivity contribution in [2.24, 2.45) is 0 Å². The normalized spacial score (nSPS) is 21.3. The standard InChI is InChI=1S/C31H39N5OS/c1-4-38-24-14-8-21(9-15-24)17-32-31(37)35-18-25(28-7-5-6-27(33-28)22-10-11-22)26(19-35)30-16-29(23-12-13-23)34-36(30)20(2)3/h5-9,14-16,20,22-23,25-26H,4,10-13,17-19H2,1-3H3,(H,32,37). The highest BCUT2D eigenvalue weighted by molar-refractivity contribution is 7.99. The maximum Gasteiger partial charge on any atom is 0.317 e. The van der Waals surface area contributed by atoms with Crippen LogP contribution in [0.1, 0.15) is 105 Å². The van der Waals surface area contributed by atoms with Gasteiger partial charge < -0.3 is 10.2 Å². The van der Waals surface area contributed by atoms with E-state index in [0.29, 0.717) is 31.5 Å². The van der Waals surface area contributed by atoms with E-state index in [1.165, 1.54) is 47.7 Å². The number of rotatable bonds is 9. The van der Waals surface area contributed by atoms with Gasteiger partial charge in [0.15, 0.2) is 0 Å². The third kappa shape index (κ3) is 5.49. The van der Waals surface area contributed by atoms with Crippen LogP contribution < -0.4 is 5.32 Å². The fourth-order valence-corrected chi connectivity index (χ4v) is 6.37. The molecule has 0 radical (unpaired) electrons. The summed E-state index contributed by atoms with van der Waals surface area (Å²) in [6, 6.07) is 17.6. The summed E-state index contributed by atoms with van der Waals surface area (Å²) in [6.45, 7) is 8.46. The number of hydrogen-bond acceptors (Lipinski definition) is 4. The highest BCUT2D eigenvalue weighted by atomic mass is 32.2. The number of carbonyl (C=O) groups excluding carboxylic acids is 1. The van der Waals surface area contributed by atoms with Crippen LogP contribution in [0.2, 0.25) is 0 Å². The molecule has 3 aromatic rings. The molecule has 2 aromatic heterocycles. The predicted molar refractivity (Wildman–Crippen MR) is 153 cm³/mol. The minimum Gasteiger partial charge on any atom is -0.334 e. The summed E-state index contributed by atoms with van der Waals surface area (Å²) in [5.74, 6) is 2.61. The summed E-state index contributed by atoms with van der Waals surface area (Å²) in [7, 11) is 0. The fraction of sp³-hybridized carbons (Fsp3) is 0.516. The van der Waals surface area contributed by atoms with Gasteiger partial charge in [-0.25, -0.2) is 4.79 Å². The number of aromatic nitrogens is 3. The number of hydrogen-bond donors (Lipinski definition) is 1. The number of thioether (sulfide) groups is 1. The SMILES string of the molecule is CCSc1ccc(CNC(=O)N2CC(c3cccc(C4CC4)n3)C(c3cc(C4CC4)nn3C(C)C)C2)cc1. The van der Waals surface area contributed by atoms with E-state index in [9.17, 15) is 4.79 Å². The van der Waals surface area contributed by atoms with Crippen LogP contribution in [0.3, 0.4) is 0 Å². The molecule has 6 rings (SSSR count). The lowest BCUT2D eigenvalue weighted by molar-refractivity contribution is 0.207. The summed E-state index contributed by atoms with van der Waals surface area (Å²) < 4.78 is 2.22. The molecule has 2 unspecified atom stereocenters. The van der Waals surface area contributed by atoms with Gasteiger partial charge in [-0.15, -0.1) is 11.8 Å². The van der Waals surface area contributed by atoms with Gasteiger partial charge in [0.2, 0.25) is 0 Å². The first kappa shape index (κ1) is 25.5. The van der Waals surface area contributed by atoms with E-state index < -0.39 is 0 Å². The molecule has 2 amide bonds. The largest absolute Gasteiger partial charge is 0.334 e. The molecule has 1 saturated heterocycles. The van der Waals surface area contributed by atoms with E-state index in [2.05, 4.69) is 79.3 Å². The van der Waals surface area contributed by atoms with E-state index in [4.69, 9.17) is 10.1 Å². The Balaban J connectivity index is 1.24. The molecule has 2 atom stereocenters. The molecular formula is C31H39N5OS. The van der Waals surface area contributed by atoms with Crippen molar-refractivity contribution < 1.29 is 4.79 Å². The van der Waals surface area contributed by atoms with E-state index >= 15 is 0 Å². The van der Waals surface area contributed by atoms with Gasteiger partial charge >= 0.3 is 6.03 Å². The van der Waals surface area contributed by atoms with Crippen molar-refractivity contribution in [1.82, 2.24) is 25.0 Å². The van der Waals surface area contributed by atoms with Crippen LogP contribution in [0.4, 0.5) is 4.79 Å². The maximum absolute atomic E-state index is 13.4. The molecule has 1 aliphatic heterocycles. The predicted octanol–water partition coefficient (Wildman–Crippen LogP) is 6.82. The Kier molecular flexibility index (Phi) is 7.21. The van der Waals surface area contributed by atoms with Gasteiger partial charge in [0, 0.05) is 71.3 Å². The average molecular weight is 530 g/mol. The first-order chi connectivity index (χ1) is 18.5. The molecule has 3 heterocycles. The second kappa shape index (κ2) is 10.8. The van der Waals surface area contributed by atoms with Gasteiger partial charge in [-0.3, -0.25) is 9.67 Å². The number of benzene rings is 1. The number of pyridine rings is 1. The summed E-state index contributed by atoms with van der Waals surface area (Å²) in [6.07, 6.45) is 4.95. The van der Waals surface area contributed by atoms with Crippen LogP contribution in [-0.4, -0.2) is 44.5 Å². The topological polar surface area (TPSA) is 63.1 Å². The van der Waals surface area contributed by atoms with Gasteiger partial charge in [0.25, 0.3) is 0 Å². The number of likely N-dealkylation sites (tertiary alicyclic amines) is 1. The summed E-state index contributed by atoms with van der Waals surface area (Å²) >= 11 is 1.83. The molecule has 38 heavy (non-hydrogen) atoms. The van der Waals surface area contributed by atoms with E-state index in [1.54, 1.807) is 0 Å². The zero-order chi connectivity index (χ0) is 26.2. The highest BCUT2D eigenvalue weighted by Crippen LogP contribution is 2.45. The van der Waals surface area contributed by atoms with Crippen molar-refractivity contribution in [3.63, 3.8) is 0 Å². The average Bonchev–Trinajstić information content (AvgIpc) is 3.86. The molecule has 0 bridgehead atoms. The number of nitrogens with zero attached hydrogens (tertiary/aromatic N) is 4. The maximum atomic E-state index is 13.4. The monoisotopic (exact) mass is 529 g/mol. The first-order valence-corrected chi connectivity index (χ1v) is 15.3. The molecule has 200 valence electrons. The Morgan fingerprint density at radius 2 is 1.66 bits per heavy atom. The van der Waals surface area contributed by atoms with E-state index in [-0.39, 0.29) is 23.9 Å². The molecule has 1 aromatic carbocycles. The third-order valence-electron chi connectivity index (χ3n) is 8.10. The zero-order valence-corrected chi connectivity index (χ0v) is 23.6. The van der Waals surface area contributed by atoms with Crippen LogP contribution in [0.5, 0.6) is 0 Å². The van der Waals surface area contributed by atoms with Crippen molar-refractivity contribution >= 4 is 17.8 Å². The Hall–Kier alpha value is -2.80. The smallest absolute Gasteiger partial charge is 0.317 e. The Labute approximate surface area is 230 Å². The molecule has 3 fully saturated rings. The van der Waals surface area contributed by atoms with Crippen molar-refractivity contribution in [2.45, 2.75) is 87.6 Å². The van der Waals surface area contributed by atoms with Crippen molar-refractivity contribution in [2.75, 3.05) is 18.8 Å². The highest BCUT2D eigenvalue weighted by Gasteiger charge is 2.41. The molecule has 6 nitrogen and oxygen atoms in total. The second-order valence-corrected chi connectivity index (χ2v) is 12.8. The number of nitrogens with one attached hydrogen (secondary N) is 1. The summed E-state index contributed by atoms with van der Waals surface area (Å²) in [4.78, 5) is 21.8. The minimum absolute atomic E-state index is 0.000820. The Morgan fingerprint density at radius 3 is 2.34 bits per heavy atom. The lowest BCUT2D eigenvalue weighted by Gasteiger charge is -2.21. The molecule has 2 saturated carbocycles. The quantitative estimate of drug-likeness (QED) is 0.309. The van der Waals surface area contributed by atoms with Crippen LogP contribution in [-0.2, 0) is 6.54 Å². The second-order valence-electron chi connectivity index (χ2n) is 11.4. The Morgan fingerprint density at radius 1 is 0.974 bits per heavy atom. The number of amides is 2. The zero-order valence-electron chi connectivity index (χ0n) is 22.8. The molecule has 1 N–H and O–H groups in total. The van der Waals surface area contributed by atoms with Gasteiger partial charge in [-0.05, 0) is 81.2 Å². The molecule has 2 aliphatic carbocycles. The van der Waals surface area contributed by atoms with Crippen LogP contribution in [0.15, 0.2) is 53.4 Å². The summed E-state index contributed by atoms with van der Waals surface area (Å²) in [5, 5.41) is 8.23. The van der Waals surface area contributed by atoms with Crippen molar-refractivity contribution in [3.8, 4) is 0 Å². The van der Waals surface area contributed by atoms with E-state index in [1.807, 2.05) is 16.7 Å². The van der Waals surface area contributed by atoms with Crippen LogP contribution in [0.25, 0.3) is 0 Å². The van der Waals surface area contributed by atoms with Crippen LogP contribution >= 0.6 is 11.8 Å². The van der Waals surface area contributed by atoms with Crippen LogP contribution in [0, 0.1) is 0 Å². The molecular weight excluding hydrogens is 490 g/mol. The Bertz CT molecular complexity index is 1280. The minimum atomic E-state index is 0.000820. The lowest BCUT2D eigenvalue weighted by atomic mass is 9.89. The fourth-order valence-electron chi connectivity index (χ4n) is 5.71. The van der Waals surface area contributed by atoms with Crippen molar-refractivity contribution in [3.05, 3.63) is 76.9 Å². The summed E-state index contributed by atoms with van der Waals surface area (Å²) in [5.41, 5.74) is 5.93. The van der Waals surface area contributed by atoms with Crippen molar-refractivity contribution in [1.29, 1.82) is 0 Å². The van der Waals surface area contributed by atoms with Gasteiger partial charge in [-0.1, -0.05) is 25.1 Å². The molecule has 0 spiro atoms. The lowest BCUT2D eigenvalue weighted by Crippen LogP contribution is -2.38. The molecule has 7 heteroatoms.